The molecular formula is C23H25N5O2. The first-order chi connectivity index (χ1) is 14.3. The molecule has 0 aromatic carbocycles. The summed E-state index contributed by atoms with van der Waals surface area (Å²) in [4.78, 5) is 33.3. The molecule has 0 atom stereocenters. The number of hydrogen-bond donors (Lipinski definition) is 0. The molecule has 4 aromatic rings. The van der Waals surface area contributed by atoms with Gasteiger partial charge in [-0.1, -0.05) is 12.1 Å². The van der Waals surface area contributed by atoms with Crippen molar-refractivity contribution in [1.82, 2.24) is 23.7 Å². The minimum atomic E-state index is -0.0446. The van der Waals surface area contributed by atoms with Crippen LogP contribution in [0.1, 0.15) is 39.0 Å². The lowest BCUT2D eigenvalue weighted by atomic mass is 10.2. The van der Waals surface area contributed by atoms with Gasteiger partial charge >= 0.3 is 0 Å². The zero-order chi connectivity index (χ0) is 21.8. The van der Waals surface area contributed by atoms with Gasteiger partial charge < -0.3 is 4.90 Å². The predicted molar refractivity (Wildman–Crippen MR) is 117 cm³/mol. The molecule has 7 nitrogen and oxygen atoms in total. The van der Waals surface area contributed by atoms with Gasteiger partial charge in [0.15, 0.2) is 5.78 Å². The largest absolute Gasteiger partial charge is 0.383 e. The molecule has 0 radical (unpaired) electrons. The van der Waals surface area contributed by atoms with Crippen LogP contribution in [0.5, 0.6) is 0 Å². The zero-order valence-corrected chi connectivity index (χ0v) is 17.8. The van der Waals surface area contributed by atoms with Crippen molar-refractivity contribution in [2.24, 2.45) is 0 Å². The second kappa shape index (κ2) is 8.73. The summed E-state index contributed by atoms with van der Waals surface area (Å²) in [5, 5.41) is 0. The fourth-order valence-corrected chi connectivity index (χ4v) is 2.92. The number of hydrogen-bond acceptors (Lipinski definition) is 5. The molecule has 7 heteroatoms. The van der Waals surface area contributed by atoms with Gasteiger partial charge in [-0.2, -0.15) is 0 Å². The van der Waals surface area contributed by atoms with Crippen LogP contribution < -0.4 is 0 Å². The summed E-state index contributed by atoms with van der Waals surface area (Å²) in [7, 11) is 3.75. The van der Waals surface area contributed by atoms with E-state index in [-0.39, 0.29) is 11.6 Å². The van der Waals surface area contributed by atoms with E-state index in [1.165, 1.54) is 0 Å². The second-order valence-electron chi connectivity index (χ2n) is 7.36. The van der Waals surface area contributed by atoms with Crippen LogP contribution in [0.4, 0.5) is 0 Å². The van der Waals surface area contributed by atoms with Crippen LogP contribution in [0.2, 0.25) is 0 Å². The number of imidazole rings is 2. The Bertz CT molecular complexity index is 1250. The van der Waals surface area contributed by atoms with Crippen molar-refractivity contribution in [2.45, 2.75) is 20.8 Å². The molecule has 0 bridgehead atoms. The number of rotatable bonds is 4. The number of pyridine rings is 2. The van der Waals surface area contributed by atoms with Gasteiger partial charge in [0.25, 0.3) is 0 Å². The number of fused-ring (bicyclic) bond motifs is 2. The molecular weight excluding hydrogens is 378 g/mol. The topological polar surface area (TPSA) is 72.0 Å². The lowest BCUT2D eigenvalue weighted by molar-refractivity contribution is 0.101. The summed E-state index contributed by atoms with van der Waals surface area (Å²) in [6.45, 7) is 5.53. The number of nitrogens with zero attached hydrogens (tertiary/aromatic N) is 5. The molecule has 0 saturated heterocycles. The molecule has 4 heterocycles. The van der Waals surface area contributed by atoms with E-state index in [0.29, 0.717) is 11.4 Å². The number of Topliss-reactive ketones (excluding diaryl/α,β-unsaturated/α-hetero) is 1. The number of carbonyl (C=O) groups excluding carboxylic acids is 2. The molecule has 0 spiro atoms. The van der Waals surface area contributed by atoms with E-state index >= 15 is 0 Å². The molecule has 0 N–H and O–H groups in total. The highest BCUT2D eigenvalue weighted by Crippen LogP contribution is 2.10. The summed E-state index contributed by atoms with van der Waals surface area (Å²) < 4.78 is 3.63. The van der Waals surface area contributed by atoms with Gasteiger partial charge in [0, 0.05) is 45.7 Å². The van der Waals surface area contributed by atoms with Gasteiger partial charge in [-0.3, -0.25) is 18.4 Å². The SMILES string of the molecule is CC(=O)c1cnc2ccc(C)cn12.Cc1ccc2ncc(C(=O)/C=C/N(C)C)n2c1. The van der Waals surface area contributed by atoms with Crippen LogP contribution >= 0.6 is 0 Å². The van der Waals surface area contributed by atoms with Crippen LogP contribution in [0.15, 0.2) is 61.3 Å². The fraction of sp³-hybridized carbons (Fsp3) is 0.217. The summed E-state index contributed by atoms with van der Waals surface area (Å²) in [6.07, 6.45) is 10.3. The summed E-state index contributed by atoms with van der Waals surface area (Å²) in [5.74, 6) is -0.00472. The maximum Gasteiger partial charge on any atom is 0.205 e. The quantitative estimate of drug-likeness (QED) is 0.383. The summed E-state index contributed by atoms with van der Waals surface area (Å²) in [6, 6.07) is 7.77. The van der Waals surface area contributed by atoms with Crippen molar-refractivity contribution < 1.29 is 9.59 Å². The monoisotopic (exact) mass is 403 g/mol. The molecule has 0 amide bonds. The number of allylic oxidation sites excluding steroid dienone is 1. The molecule has 4 rings (SSSR count). The van der Waals surface area contributed by atoms with Crippen molar-refractivity contribution in [3.8, 4) is 0 Å². The van der Waals surface area contributed by atoms with Gasteiger partial charge in [0.2, 0.25) is 5.78 Å². The van der Waals surface area contributed by atoms with Gasteiger partial charge in [0.05, 0.1) is 12.4 Å². The highest BCUT2D eigenvalue weighted by molar-refractivity contribution is 6.03. The Kier molecular flexibility index (Phi) is 6.11. The predicted octanol–water partition coefficient (Wildman–Crippen LogP) is 3.75. The molecule has 0 aliphatic carbocycles. The first kappa shape index (κ1) is 21.0. The van der Waals surface area contributed by atoms with Crippen LogP contribution in [-0.2, 0) is 0 Å². The molecule has 0 fully saturated rings. The van der Waals surface area contributed by atoms with Crippen molar-refractivity contribution in [1.29, 1.82) is 0 Å². The smallest absolute Gasteiger partial charge is 0.205 e. The molecule has 0 aliphatic heterocycles. The Morgan fingerprint density at radius 2 is 1.37 bits per heavy atom. The first-order valence-corrected chi connectivity index (χ1v) is 9.53. The lowest BCUT2D eigenvalue weighted by Crippen LogP contribution is -2.05. The second-order valence-corrected chi connectivity index (χ2v) is 7.36. The summed E-state index contributed by atoms with van der Waals surface area (Å²) >= 11 is 0. The van der Waals surface area contributed by atoms with Crippen LogP contribution in [0.25, 0.3) is 11.3 Å². The van der Waals surface area contributed by atoms with Crippen LogP contribution in [-0.4, -0.2) is 49.3 Å². The molecule has 154 valence electrons. The number of ketones is 2. The van der Waals surface area contributed by atoms with Crippen LogP contribution in [0, 0.1) is 13.8 Å². The number of carbonyl (C=O) groups is 2. The molecule has 0 aliphatic rings. The minimum Gasteiger partial charge on any atom is -0.383 e. The Balaban J connectivity index is 0.000000177. The van der Waals surface area contributed by atoms with Gasteiger partial charge in [-0.05, 0) is 37.1 Å². The standard InChI is InChI=1S/C13H15N3O.C10H10N2O/c1-10-4-5-13-14-8-11(16(13)9-10)12(17)6-7-15(2)3;1-7-3-4-10-11-5-9(8(2)13)12(10)6-7/h4-9H,1-3H3;3-6H,1-2H3/b7-6+;. The number of aromatic nitrogens is 4. The van der Waals surface area contributed by atoms with Crippen LogP contribution in [0.3, 0.4) is 0 Å². The maximum atomic E-state index is 12.0. The van der Waals surface area contributed by atoms with E-state index in [9.17, 15) is 9.59 Å². The average Bonchev–Trinajstić information content (AvgIpc) is 3.30. The van der Waals surface area contributed by atoms with Crippen molar-refractivity contribution in [3.63, 3.8) is 0 Å². The third-order valence-corrected chi connectivity index (χ3v) is 4.44. The number of aryl methyl sites for hydroxylation is 2. The Hall–Kier alpha value is -3.74. The van der Waals surface area contributed by atoms with E-state index in [4.69, 9.17) is 0 Å². The van der Waals surface area contributed by atoms with Crippen molar-refractivity contribution in [2.75, 3.05) is 14.1 Å². The first-order valence-electron chi connectivity index (χ1n) is 9.53. The van der Waals surface area contributed by atoms with E-state index in [1.54, 1.807) is 31.6 Å². The van der Waals surface area contributed by atoms with Gasteiger partial charge in [-0.15, -0.1) is 0 Å². The Morgan fingerprint density at radius 3 is 1.87 bits per heavy atom. The van der Waals surface area contributed by atoms with E-state index < -0.39 is 0 Å². The molecule has 0 unspecified atom stereocenters. The molecule has 30 heavy (non-hydrogen) atoms. The summed E-state index contributed by atoms with van der Waals surface area (Å²) in [5.41, 5.74) is 5.04. The third-order valence-electron chi connectivity index (χ3n) is 4.44. The fourth-order valence-electron chi connectivity index (χ4n) is 2.92. The van der Waals surface area contributed by atoms with Crippen molar-refractivity contribution in [3.05, 3.63) is 83.8 Å². The van der Waals surface area contributed by atoms with Gasteiger partial charge in [0.1, 0.15) is 22.7 Å². The molecule has 0 saturated carbocycles. The van der Waals surface area contributed by atoms with E-state index in [0.717, 1.165) is 22.4 Å². The average molecular weight is 403 g/mol. The zero-order valence-electron chi connectivity index (χ0n) is 17.8. The Labute approximate surface area is 175 Å². The van der Waals surface area contributed by atoms with E-state index in [2.05, 4.69) is 9.97 Å². The van der Waals surface area contributed by atoms with E-state index in [1.807, 2.05) is 78.3 Å². The highest BCUT2D eigenvalue weighted by Gasteiger charge is 2.09. The third kappa shape index (κ3) is 4.63. The van der Waals surface area contributed by atoms with Gasteiger partial charge in [-0.25, -0.2) is 9.97 Å². The normalized spacial score (nSPS) is 11.0. The van der Waals surface area contributed by atoms with Crippen molar-refractivity contribution >= 4 is 22.9 Å². The highest BCUT2D eigenvalue weighted by atomic mass is 16.1. The molecule has 4 aromatic heterocycles. The Morgan fingerprint density at radius 1 is 0.867 bits per heavy atom. The minimum absolute atomic E-state index is 0.0399. The maximum absolute atomic E-state index is 12.0. The lowest BCUT2D eigenvalue weighted by Gasteiger charge is -2.03.